The number of ether oxygens (including phenoxy) is 1. The molecule has 0 N–H and O–H groups in total. The SMILES string of the molecule is COc1cc2c3c(c1)C(CN1CCN(c4cccc(C(F)(F)F)c4)CC1)=CC(C)(C)N3C(=O)C2=O. The molecule has 0 saturated carbocycles. The van der Waals surface area contributed by atoms with Gasteiger partial charge in [-0.05, 0) is 49.8 Å². The molecule has 1 saturated heterocycles. The van der Waals surface area contributed by atoms with Gasteiger partial charge in [0, 0.05) is 44.0 Å². The first-order valence-corrected chi connectivity index (χ1v) is 11.5. The van der Waals surface area contributed by atoms with Crippen LogP contribution in [-0.4, -0.2) is 62.0 Å². The van der Waals surface area contributed by atoms with Crippen LogP contribution in [0.3, 0.4) is 0 Å². The molecule has 0 radical (unpaired) electrons. The fourth-order valence-corrected chi connectivity index (χ4v) is 5.24. The van der Waals surface area contributed by atoms with Crippen LogP contribution in [0.25, 0.3) is 5.57 Å². The van der Waals surface area contributed by atoms with E-state index in [4.69, 9.17) is 4.74 Å². The number of amides is 1. The quantitative estimate of drug-likeness (QED) is 0.607. The van der Waals surface area contributed by atoms with E-state index in [2.05, 4.69) is 4.90 Å². The molecule has 0 atom stereocenters. The highest BCUT2D eigenvalue weighted by Gasteiger charge is 2.47. The standard InChI is InChI=1S/C26H26F3N3O3/c1-25(2)14-16(20-12-19(35-3)13-21-22(20)32(25)24(34)23(21)33)15-30-7-9-31(10-8-30)18-6-4-5-17(11-18)26(27,28)29/h4-6,11-14H,7-10,15H2,1-3H3. The van der Waals surface area contributed by atoms with Crippen molar-refractivity contribution in [1.29, 1.82) is 0 Å². The van der Waals surface area contributed by atoms with Gasteiger partial charge in [0.05, 0.1) is 29.5 Å². The molecule has 3 aliphatic rings. The van der Waals surface area contributed by atoms with E-state index in [9.17, 15) is 22.8 Å². The van der Waals surface area contributed by atoms with E-state index in [1.165, 1.54) is 19.2 Å². The number of alkyl halides is 3. The van der Waals surface area contributed by atoms with Gasteiger partial charge in [0.15, 0.2) is 0 Å². The van der Waals surface area contributed by atoms with E-state index in [1.807, 2.05) is 30.9 Å². The maximum atomic E-state index is 13.1. The second-order valence-corrected chi connectivity index (χ2v) is 9.68. The summed E-state index contributed by atoms with van der Waals surface area (Å²) in [5, 5.41) is 0. The number of methoxy groups -OCH3 is 1. The second-order valence-electron chi connectivity index (χ2n) is 9.68. The average Bonchev–Trinajstić information content (AvgIpc) is 3.08. The summed E-state index contributed by atoms with van der Waals surface area (Å²) in [6, 6.07) is 8.91. The summed E-state index contributed by atoms with van der Waals surface area (Å²) in [4.78, 5) is 31.2. The summed E-state index contributed by atoms with van der Waals surface area (Å²) in [6.07, 6.45) is -2.35. The van der Waals surface area contributed by atoms with E-state index >= 15 is 0 Å². The summed E-state index contributed by atoms with van der Waals surface area (Å²) in [6.45, 7) is 6.94. The van der Waals surface area contributed by atoms with Gasteiger partial charge < -0.3 is 9.64 Å². The third kappa shape index (κ3) is 3.97. The number of carbonyl (C=O) groups excluding carboxylic acids is 2. The van der Waals surface area contributed by atoms with Crippen molar-refractivity contribution in [2.75, 3.05) is 49.6 Å². The Morgan fingerprint density at radius 3 is 2.34 bits per heavy atom. The first-order chi connectivity index (χ1) is 16.5. The molecule has 6 nitrogen and oxygen atoms in total. The largest absolute Gasteiger partial charge is 0.497 e. The number of hydrogen-bond donors (Lipinski definition) is 0. The van der Waals surface area contributed by atoms with Crippen molar-refractivity contribution in [3.05, 3.63) is 59.2 Å². The Morgan fingerprint density at radius 1 is 1.00 bits per heavy atom. The number of Topliss-reactive ketones (excluding diaryl/α,β-unsaturated/α-hetero) is 1. The molecule has 9 heteroatoms. The molecule has 1 fully saturated rings. The van der Waals surface area contributed by atoms with Crippen LogP contribution in [0.4, 0.5) is 24.5 Å². The lowest BCUT2D eigenvalue weighted by Gasteiger charge is -2.41. The van der Waals surface area contributed by atoms with Gasteiger partial charge in [-0.2, -0.15) is 13.2 Å². The topological polar surface area (TPSA) is 53.1 Å². The number of benzene rings is 2. The van der Waals surface area contributed by atoms with Crippen molar-refractivity contribution in [2.24, 2.45) is 0 Å². The van der Waals surface area contributed by atoms with Crippen LogP contribution in [0.15, 0.2) is 42.5 Å². The van der Waals surface area contributed by atoms with Crippen LogP contribution in [-0.2, 0) is 11.0 Å². The second kappa shape index (κ2) is 8.12. The van der Waals surface area contributed by atoms with Crippen LogP contribution in [0.5, 0.6) is 5.75 Å². The van der Waals surface area contributed by atoms with Crippen molar-refractivity contribution >= 4 is 28.6 Å². The molecule has 184 valence electrons. The van der Waals surface area contributed by atoms with Crippen LogP contribution in [0.1, 0.15) is 35.3 Å². The number of piperazine rings is 1. The molecule has 0 unspecified atom stereocenters. The Kier molecular flexibility index (Phi) is 5.43. The van der Waals surface area contributed by atoms with E-state index < -0.39 is 29.0 Å². The molecule has 3 aliphatic heterocycles. The lowest BCUT2D eigenvalue weighted by molar-refractivity contribution is -0.137. The molecule has 3 heterocycles. The van der Waals surface area contributed by atoms with Crippen LogP contribution in [0, 0.1) is 0 Å². The highest BCUT2D eigenvalue weighted by molar-refractivity contribution is 6.53. The van der Waals surface area contributed by atoms with Gasteiger partial charge in [-0.1, -0.05) is 12.1 Å². The smallest absolute Gasteiger partial charge is 0.416 e. The van der Waals surface area contributed by atoms with E-state index in [-0.39, 0.29) is 0 Å². The third-order valence-corrected chi connectivity index (χ3v) is 6.94. The van der Waals surface area contributed by atoms with Gasteiger partial charge in [0.2, 0.25) is 0 Å². The lowest BCUT2D eigenvalue weighted by Crippen LogP contribution is -2.49. The lowest BCUT2D eigenvalue weighted by atomic mass is 9.87. The summed E-state index contributed by atoms with van der Waals surface area (Å²) in [5.74, 6) is -0.552. The molecule has 35 heavy (non-hydrogen) atoms. The highest BCUT2D eigenvalue weighted by atomic mass is 19.4. The van der Waals surface area contributed by atoms with Crippen molar-refractivity contribution in [1.82, 2.24) is 4.90 Å². The maximum absolute atomic E-state index is 13.1. The van der Waals surface area contributed by atoms with Crippen LogP contribution in [0.2, 0.25) is 0 Å². The Balaban J connectivity index is 1.38. The van der Waals surface area contributed by atoms with Crippen LogP contribution < -0.4 is 14.5 Å². The van der Waals surface area contributed by atoms with Crippen molar-refractivity contribution in [2.45, 2.75) is 25.6 Å². The molecule has 0 bridgehead atoms. The van der Waals surface area contributed by atoms with Crippen LogP contribution >= 0.6 is 0 Å². The third-order valence-electron chi connectivity index (χ3n) is 6.94. The monoisotopic (exact) mass is 485 g/mol. The van der Waals surface area contributed by atoms with Crippen molar-refractivity contribution in [3.63, 3.8) is 0 Å². The summed E-state index contributed by atoms with van der Waals surface area (Å²) >= 11 is 0. The fraction of sp³-hybridized carbons (Fsp3) is 0.385. The first kappa shape index (κ1) is 23.4. The molecule has 1 amide bonds. The van der Waals surface area contributed by atoms with Gasteiger partial charge in [-0.25, -0.2) is 0 Å². The summed E-state index contributed by atoms with van der Waals surface area (Å²) in [7, 11) is 1.52. The molecule has 5 rings (SSSR count). The van der Waals surface area contributed by atoms with Gasteiger partial charge in [0.1, 0.15) is 5.75 Å². The van der Waals surface area contributed by atoms with Crippen molar-refractivity contribution < 1.29 is 27.5 Å². The van der Waals surface area contributed by atoms with Gasteiger partial charge in [-0.15, -0.1) is 0 Å². The average molecular weight is 486 g/mol. The number of halogens is 3. The van der Waals surface area contributed by atoms with E-state index in [0.717, 1.165) is 17.2 Å². The minimum atomic E-state index is -4.37. The predicted molar refractivity (Wildman–Crippen MR) is 127 cm³/mol. The molecule has 2 aromatic carbocycles. The Labute approximate surface area is 201 Å². The normalized spacial score (nSPS) is 19.7. The Morgan fingerprint density at radius 2 is 1.69 bits per heavy atom. The Hall–Kier alpha value is -3.33. The molecular formula is C26H26F3N3O3. The predicted octanol–water partition coefficient (Wildman–Crippen LogP) is 4.24. The van der Waals surface area contributed by atoms with E-state index in [0.29, 0.717) is 55.4 Å². The molecule has 0 aliphatic carbocycles. The fourth-order valence-electron chi connectivity index (χ4n) is 5.24. The number of carbonyl (C=O) groups is 2. The zero-order chi connectivity index (χ0) is 25.1. The first-order valence-electron chi connectivity index (χ1n) is 11.5. The van der Waals surface area contributed by atoms with Crippen molar-refractivity contribution in [3.8, 4) is 5.75 Å². The molecule has 2 aromatic rings. The summed E-state index contributed by atoms with van der Waals surface area (Å²) < 4.78 is 44.8. The number of hydrogen-bond acceptors (Lipinski definition) is 5. The summed E-state index contributed by atoms with van der Waals surface area (Å²) in [5.41, 5.74) is 2.04. The molecule has 0 aromatic heterocycles. The van der Waals surface area contributed by atoms with Gasteiger partial charge in [0.25, 0.3) is 11.7 Å². The minimum absolute atomic E-state index is 0.359. The number of rotatable bonds is 4. The Bertz CT molecular complexity index is 1240. The number of anilines is 2. The highest BCUT2D eigenvalue weighted by Crippen LogP contribution is 2.47. The zero-order valence-electron chi connectivity index (χ0n) is 19.8. The maximum Gasteiger partial charge on any atom is 0.416 e. The number of nitrogens with zero attached hydrogens (tertiary/aromatic N) is 3. The number of ketones is 1. The minimum Gasteiger partial charge on any atom is -0.497 e. The van der Waals surface area contributed by atoms with Gasteiger partial charge >= 0.3 is 6.18 Å². The molecule has 0 spiro atoms. The van der Waals surface area contributed by atoms with Gasteiger partial charge in [-0.3, -0.25) is 19.4 Å². The molecular weight excluding hydrogens is 459 g/mol. The van der Waals surface area contributed by atoms with E-state index in [1.54, 1.807) is 17.0 Å². The zero-order valence-corrected chi connectivity index (χ0v) is 19.8.